The summed E-state index contributed by atoms with van der Waals surface area (Å²) < 4.78 is 7.43. The summed E-state index contributed by atoms with van der Waals surface area (Å²) >= 11 is 1.48. The highest BCUT2D eigenvalue weighted by Gasteiger charge is 2.21. The minimum atomic E-state index is -0.0566. The Morgan fingerprint density at radius 3 is 2.79 bits per heavy atom. The molecule has 0 fully saturated rings. The summed E-state index contributed by atoms with van der Waals surface area (Å²) in [6.45, 7) is 0. The molecular formula is C22H23N3O2S. The Morgan fingerprint density at radius 1 is 1.14 bits per heavy atom. The maximum absolute atomic E-state index is 12.5. The van der Waals surface area contributed by atoms with E-state index in [4.69, 9.17) is 9.72 Å². The Morgan fingerprint density at radius 2 is 1.96 bits per heavy atom. The van der Waals surface area contributed by atoms with E-state index in [1.54, 1.807) is 7.11 Å². The van der Waals surface area contributed by atoms with Crippen LogP contribution < -0.4 is 10.1 Å². The monoisotopic (exact) mass is 393 g/mol. The summed E-state index contributed by atoms with van der Waals surface area (Å²) in [6.07, 6.45) is 4.41. The molecule has 144 valence electrons. The van der Waals surface area contributed by atoms with Gasteiger partial charge in [0.15, 0.2) is 5.16 Å². The van der Waals surface area contributed by atoms with E-state index < -0.39 is 0 Å². The molecule has 0 atom stereocenters. The number of ether oxygens (including phenoxy) is 1. The van der Waals surface area contributed by atoms with Crippen molar-refractivity contribution in [3.05, 3.63) is 66.0 Å². The number of para-hydroxylation sites is 1. The van der Waals surface area contributed by atoms with Crippen molar-refractivity contribution in [2.24, 2.45) is 0 Å². The number of benzene rings is 2. The van der Waals surface area contributed by atoms with Crippen LogP contribution in [0.2, 0.25) is 0 Å². The lowest BCUT2D eigenvalue weighted by molar-refractivity contribution is -0.113. The number of fused-ring (bicyclic) bond motifs is 1. The first kappa shape index (κ1) is 18.6. The molecule has 0 bridgehead atoms. The van der Waals surface area contributed by atoms with Crippen LogP contribution in [0.1, 0.15) is 24.2 Å². The van der Waals surface area contributed by atoms with Crippen molar-refractivity contribution in [1.82, 2.24) is 9.55 Å². The number of hydrogen-bond donors (Lipinski definition) is 1. The number of carbonyl (C=O) groups is 1. The number of carbonyl (C=O) groups excluding carboxylic acids is 1. The van der Waals surface area contributed by atoms with Crippen LogP contribution in [-0.2, 0) is 17.6 Å². The third-order valence-corrected chi connectivity index (χ3v) is 5.74. The van der Waals surface area contributed by atoms with E-state index in [0.717, 1.165) is 35.1 Å². The van der Waals surface area contributed by atoms with Crippen LogP contribution in [-0.4, -0.2) is 28.3 Å². The molecule has 28 heavy (non-hydrogen) atoms. The van der Waals surface area contributed by atoms with Gasteiger partial charge in [0.2, 0.25) is 5.91 Å². The van der Waals surface area contributed by atoms with Gasteiger partial charge in [-0.15, -0.1) is 0 Å². The summed E-state index contributed by atoms with van der Waals surface area (Å²) in [6, 6.07) is 17.7. The van der Waals surface area contributed by atoms with Crippen LogP contribution >= 0.6 is 11.8 Å². The smallest absolute Gasteiger partial charge is 0.234 e. The molecule has 6 heteroatoms. The minimum Gasteiger partial charge on any atom is -0.497 e. The average molecular weight is 394 g/mol. The van der Waals surface area contributed by atoms with Crippen molar-refractivity contribution in [3.63, 3.8) is 0 Å². The van der Waals surface area contributed by atoms with Crippen LogP contribution in [0.15, 0.2) is 59.8 Å². The summed E-state index contributed by atoms with van der Waals surface area (Å²) in [5.41, 5.74) is 4.29. The Bertz CT molecular complexity index is 969. The van der Waals surface area contributed by atoms with E-state index in [1.807, 2.05) is 42.5 Å². The van der Waals surface area contributed by atoms with Gasteiger partial charge in [-0.05, 0) is 49.9 Å². The van der Waals surface area contributed by atoms with Gasteiger partial charge in [0.25, 0.3) is 0 Å². The predicted molar refractivity (Wildman–Crippen MR) is 113 cm³/mol. The van der Waals surface area contributed by atoms with Gasteiger partial charge >= 0.3 is 0 Å². The topological polar surface area (TPSA) is 56.1 Å². The molecule has 3 aromatic rings. The van der Waals surface area contributed by atoms with Gasteiger partial charge in [-0.3, -0.25) is 9.36 Å². The zero-order chi connectivity index (χ0) is 19.3. The number of nitrogens with zero attached hydrogens (tertiary/aromatic N) is 2. The Hall–Kier alpha value is -2.73. The average Bonchev–Trinajstić information content (AvgIpc) is 3.11. The number of thioether (sulfide) groups is 1. The number of hydrogen-bond acceptors (Lipinski definition) is 4. The van der Waals surface area contributed by atoms with E-state index in [0.29, 0.717) is 5.75 Å². The lowest BCUT2D eigenvalue weighted by Gasteiger charge is -2.15. The summed E-state index contributed by atoms with van der Waals surface area (Å²) in [7, 11) is 1.61. The number of nitrogens with one attached hydrogen (secondary N) is 1. The van der Waals surface area contributed by atoms with Gasteiger partial charge in [-0.25, -0.2) is 4.98 Å². The highest BCUT2D eigenvalue weighted by Crippen LogP contribution is 2.30. The molecule has 1 aliphatic carbocycles. The molecule has 1 aliphatic rings. The Balaban J connectivity index is 1.51. The summed E-state index contributed by atoms with van der Waals surface area (Å²) in [5, 5.41) is 3.82. The lowest BCUT2D eigenvalue weighted by atomic mass is 10.0. The number of anilines is 1. The Kier molecular flexibility index (Phi) is 5.67. The van der Waals surface area contributed by atoms with Crippen LogP contribution in [0, 0.1) is 0 Å². The lowest BCUT2D eigenvalue weighted by Crippen LogP contribution is -2.14. The van der Waals surface area contributed by atoms with Crippen molar-refractivity contribution in [2.75, 3.05) is 18.2 Å². The Labute approximate surface area is 169 Å². The van der Waals surface area contributed by atoms with E-state index in [-0.39, 0.29) is 5.91 Å². The normalized spacial score (nSPS) is 13.0. The quantitative estimate of drug-likeness (QED) is 0.627. The van der Waals surface area contributed by atoms with E-state index >= 15 is 0 Å². The maximum atomic E-state index is 12.5. The van der Waals surface area contributed by atoms with Crippen LogP contribution in [0.5, 0.6) is 5.75 Å². The van der Waals surface area contributed by atoms with Crippen LogP contribution in [0.4, 0.5) is 5.69 Å². The molecule has 5 nitrogen and oxygen atoms in total. The van der Waals surface area contributed by atoms with Crippen molar-refractivity contribution in [2.45, 2.75) is 30.8 Å². The highest BCUT2D eigenvalue weighted by molar-refractivity contribution is 7.99. The number of aryl methyl sites for hydroxylation is 1. The zero-order valence-electron chi connectivity index (χ0n) is 15.9. The molecule has 1 aromatic heterocycles. The van der Waals surface area contributed by atoms with Gasteiger partial charge in [-0.1, -0.05) is 36.0 Å². The van der Waals surface area contributed by atoms with Gasteiger partial charge < -0.3 is 10.1 Å². The largest absolute Gasteiger partial charge is 0.497 e. The van der Waals surface area contributed by atoms with Crippen LogP contribution in [0.3, 0.4) is 0 Å². The fraction of sp³-hybridized carbons (Fsp3) is 0.273. The van der Waals surface area contributed by atoms with E-state index in [9.17, 15) is 4.79 Å². The fourth-order valence-corrected chi connectivity index (χ4v) is 4.34. The third-order valence-electron chi connectivity index (χ3n) is 4.80. The SMILES string of the molecule is COc1cccc(NC(=O)CSc2nc3c(n2-c2ccccc2)CCCC3)c1. The second-order valence-corrected chi connectivity index (χ2v) is 7.68. The number of methoxy groups -OCH3 is 1. The molecule has 2 aromatic carbocycles. The summed E-state index contributed by atoms with van der Waals surface area (Å²) in [4.78, 5) is 17.3. The second-order valence-electron chi connectivity index (χ2n) is 6.73. The molecule has 4 rings (SSSR count). The fourth-order valence-electron chi connectivity index (χ4n) is 3.48. The van der Waals surface area contributed by atoms with E-state index in [2.05, 4.69) is 22.0 Å². The molecule has 0 saturated heterocycles. The van der Waals surface area contributed by atoms with Crippen molar-refractivity contribution in [1.29, 1.82) is 0 Å². The van der Waals surface area contributed by atoms with Crippen molar-refractivity contribution < 1.29 is 9.53 Å². The molecule has 1 amide bonds. The standard InChI is InChI=1S/C22H23N3O2S/c1-27-18-11-7-8-16(14-18)23-21(26)15-28-22-24-19-12-5-6-13-20(19)25(22)17-9-3-2-4-10-17/h2-4,7-11,14H,5-6,12-13,15H2,1H3,(H,23,26). The molecule has 0 saturated carbocycles. The molecular weight excluding hydrogens is 370 g/mol. The zero-order valence-corrected chi connectivity index (χ0v) is 16.7. The van der Waals surface area contributed by atoms with E-state index in [1.165, 1.54) is 36.0 Å². The first-order valence-corrected chi connectivity index (χ1v) is 10.5. The van der Waals surface area contributed by atoms with Gasteiger partial charge in [0.05, 0.1) is 18.6 Å². The number of imidazole rings is 1. The third kappa shape index (κ3) is 4.07. The molecule has 0 spiro atoms. The van der Waals surface area contributed by atoms with Gasteiger partial charge in [0.1, 0.15) is 5.75 Å². The van der Waals surface area contributed by atoms with Gasteiger partial charge in [0, 0.05) is 23.1 Å². The predicted octanol–water partition coefficient (Wildman–Crippen LogP) is 4.49. The number of rotatable bonds is 6. The number of amides is 1. The molecule has 1 N–H and O–H groups in total. The summed E-state index contributed by atoms with van der Waals surface area (Å²) in [5.74, 6) is 0.969. The first-order valence-electron chi connectivity index (χ1n) is 9.47. The molecule has 0 aliphatic heterocycles. The van der Waals surface area contributed by atoms with Crippen LogP contribution in [0.25, 0.3) is 5.69 Å². The molecule has 0 unspecified atom stereocenters. The minimum absolute atomic E-state index is 0.0566. The molecule has 1 heterocycles. The van der Waals surface area contributed by atoms with Crippen molar-refractivity contribution >= 4 is 23.4 Å². The number of aromatic nitrogens is 2. The molecule has 0 radical (unpaired) electrons. The highest BCUT2D eigenvalue weighted by atomic mass is 32.2. The first-order chi connectivity index (χ1) is 13.7. The van der Waals surface area contributed by atoms with Gasteiger partial charge in [-0.2, -0.15) is 0 Å². The second kappa shape index (κ2) is 8.52. The maximum Gasteiger partial charge on any atom is 0.234 e. The van der Waals surface area contributed by atoms with Crippen molar-refractivity contribution in [3.8, 4) is 11.4 Å².